The topological polar surface area (TPSA) is 69.6 Å². The van der Waals surface area contributed by atoms with Crippen LogP contribution in [-0.2, 0) is 9.59 Å². The molecule has 0 aromatic heterocycles. The molecule has 1 fully saturated rings. The Kier molecular flexibility index (Phi) is 4.08. The lowest BCUT2D eigenvalue weighted by molar-refractivity contribution is -0.138. The number of nitrogens with zero attached hydrogens (tertiary/aromatic N) is 1. The molecule has 1 unspecified atom stereocenters. The quantitative estimate of drug-likeness (QED) is 0.653. The van der Waals surface area contributed by atoms with Gasteiger partial charge in [0.05, 0.1) is 12.5 Å². The van der Waals surface area contributed by atoms with Crippen LogP contribution >= 0.6 is 0 Å². The minimum Gasteiger partial charge on any atom is -0.395 e. The maximum atomic E-state index is 11.9. The molecule has 1 rings (SSSR count). The molecular weight excluding hydrogens is 196 g/mol. The van der Waals surface area contributed by atoms with Crippen molar-refractivity contribution in [2.75, 3.05) is 19.7 Å². The Morgan fingerprint density at radius 3 is 2.73 bits per heavy atom. The van der Waals surface area contributed by atoms with Gasteiger partial charge >= 0.3 is 0 Å². The predicted molar refractivity (Wildman–Crippen MR) is 55.1 cm³/mol. The van der Waals surface area contributed by atoms with Crippen LogP contribution in [0.3, 0.4) is 0 Å². The molecule has 0 aliphatic carbocycles. The first-order valence-corrected chi connectivity index (χ1v) is 5.24. The third kappa shape index (κ3) is 2.92. The standard InChI is InChI=1S/C10H18N2O3/c1-7(2)12(3-4-13)10(15)8-5-9(14)11-6-8/h7-8,13H,3-6H2,1-2H3,(H,11,14). The summed E-state index contributed by atoms with van der Waals surface area (Å²) < 4.78 is 0. The van der Waals surface area contributed by atoms with Crippen molar-refractivity contribution in [3.05, 3.63) is 0 Å². The van der Waals surface area contributed by atoms with Crippen LogP contribution in [0.15, 0.2) is 0 Å². The molecule has 2 N–H and O–H groups in total. The summed E-state index contributed by atoms with van der Waals surface area (Å²) in [7, 11) is 0. The summed E-state index contributed by atoms with van der Waals surface area (Å²) in [6.45, 7) is 4.51. The third-order valence-electron chi connectivity index (χ3n) is 2.57. The number of amides is 2. The highest BCUT2D eigenvalue weighted by molar-refractivity contribution is 5.89. The largest absolute Gasteiger partial charge is 0.395 e. The van der Waals surface area contributed by atoms with Crippen LogP contribution in [0.1, 0.15) is 20.3 Å². The van der Waals surface area contributed by atoms with Crippen molar-refractivity contribution < 1.29 is 14.7 Å². The molecule has 5 heteroatoms. The number of rotatable bonds is 4. The summed E-state index contributed by atoms with van der Waals surface area (Å²) in [5.41, 5.74) is 0. The van der Waals surface area contributed by atoms with E-state index < -0.39 is 0 Å². The molecule has 0 bridgehead atoms. The molecule has 1 aliphatic rings. The number of hydrogen-bond donors (Lipinski definition) is 2. The molecule has 15 heavy (non-hydrogen) atoms. The highest BCUT2D eigenvalue weighted by Crippen LogP contribution is 2.14. The Morgan fingerprint density at radius 2 is 2.33 bits per heavy atom. The predicted octanol–water partition coefficient (Wildman–Crippen LogP) is -0.648. The fraction of sp³-hybridized carbons (Fsp3) is 0.800. The number of hydrogen-bond acceptors (Lipinski definition) is 3. The Balaban J connectivity index is 2.59. The molecule has 2 amide bonds. The van der Waals surface area contributed by atoms with E-state index in [1.54, 1.807) is 4.90 Å². The molecule has 0 spiro atoms. The zero-order chi connectivity index (χ0) is 11.4. The Bertz CT molecular complexity index is 253. The van der Waals surface area contributed by atoms with E-state index in [-0.39, 0.29) is 36.8 Å². The smallest absolute Gasteiger partial charge is 0.228 e. The maximum Gasteiger partial charge on any atom is 0.228 e. The van der Waals surface area contributed by atoms with E-state index in [2.05, 4.69) is 5.32 Å². The van der Waals surface area contributed by atoms with Crippen LogP contribution in [-0.4, -0.2) is 47.6 Å². The van der Waals surface area contributed by atoms with Gasteiger partial charge in [0.2, 0.25) is 11.8 Å². The first-order valence-electron chi connectivity index (χ1n) is 5.24. The Labute approximate surface area is 89.4 Å². The fourth-order valence-electron chi connectivity index (χ4n) is 1.74. The highest BCUT2D eigenvalue weighted by atomic mass is 16.3. The van der Waals surface area contributed by atoms with Crippen LogP contribution in [0.25, 0.3) is 0 Å². The second-order valence-corrected chi connectivity index (χ2v) is 4.05. The van der Waals surface area contributed by atoms with Gasteiger partial charge in [-0.05, 0) is 13.8 Å². The molecule has 1 aliphatic heterocycles. The lowest BCUT2D eigenvalue weighted by atomic mass is 10.1. The monoisotopic (exact) mass is 214 g/mol. The van der Waals surface area contributed by atoms with Crippen LogP contribution in [0, 0.1) is 5.92 Å². The summed E-state index contributed by atoms with van der Waals surface area (Å²) in [4.78, 5) is 24.5. The number of aliphatic hydroxyl groups is 1. The molecule has 0 saturated carbocycles. The lowest BCUT2D eigenvalue weighted by Crippen LogP contribution is -2.43. The SMILES string of the molecule is CC(C)N(CCO)C(=O)C1CNC(=O)C1. The van der Waals surface area contributed by atoms with Crippen LogP contribution < -0.4 is 5.32 Å². The molecule has 5 nitrogen and oxygen atoms in total. The molecule has 0 aromatic carbocycles. The summed E-state index contributed by atoms with van der Waals surface area (Å²) in [5, 5.41) is 11.5. The lowest BCUT2D eigenvalue weighted by Gasteiger charge is -2.28. The van der Waals surface area contributed by atoms with Crippen molar-refractivity contribution in [3.8, 4) is 0 Å². The van der Waals surface area contributed by atoms with E-state index in [0.717, 1.165) is 0 Å². The second kappa shape index (κ2) is 5.11. The van der Waals surface area contributed by atoms with Crippen molar-refractivity contribution in [1.29, 1.82) is 0 Å². The summed E-state index contributed by atoms with van der Waals surface area (Å²) >= 11 is 0. The van der Waals surface area contributed by atoms with E-state index in [9.17, 15) is 9.59 Å². The average molecular weight is 214 g/mol. The number of aliphatic hydroxyl groups excluding tert-OH is 1. The normalized spacial score (nSPS) is 20.5. The number of nitrogens with one attached hydrogen (secondary N) is 1. The van der Waals surface area contributed by atoms with Gasteiger partial charge in [0.25, 0.3) is 0 Å². The van der Waals surface area contributed by atoms with E-state index in [4.69, 9.17) is 5.11 Å². The van der Waals surface area contributed by atoms with Crippen molar-refractivity contribution in [1.82, 2.24) is 10.2 Å². The summed E-state index contributed by atoms with van der Waals surface area (Å²) in [5.74, 6) is -0.370. The van der Waals surface area contributed by atoms with Gasteiger partial charge in [0.1, 0.15) is 0 Å². The minimum absolute atomic E-state index is 0.0436. The van der Waals surface area contributed by atoms with Gasteiger partial charge in [-0.1, -0.05) is 0 Å². The van der Waals surface area contributed by atoms with Crippen molar-refractivity contribution in [2.45, 2.75) is 26.3 Å². The van der Waals surface area contributed by atoms with Gasteiger partial charge in [-0.15, -0.1) is 0 Å². The zero-order valence-corrected chi connectivity index (χ0v) is 9.19. The van der Waals surface area contributed by atoms with Crippen LogP contribution in [0.5, 0.6) is 0 Å². The molecule has 1 heterocycles. The van der Waals surface area contributed by atoms with Gasteiger partial charge < -0.3 is 15.3 Å². The molecule has 86 valence electrons. The van der Waals surface area contributed by atoms with Gasteiger partial charge in [0, 0.05) is 25.6 Å². The van der Waals surface area contributed by atoms with Gasteiger partial charge in [-0.25, -0.2) is 0 Å². The van der Waals surface area contributed by atoms with Crippen LogP contribution in [0.4, 0.5) is 0 Å². The third-order valence-corrected chi connectivity index (χ3v) is 2.57. The van der Waals surface area contributed by atoms with Gasteiger partial charge in [0.15, 0.2) is 0 Å². The zero-order valence-electron chi connectivity index (χ0n) is 9.19. The molecular formula is C10H18N2O3. The van der Waals surface area contributed by atoms with Crippen molar-refractivity contribution in [3.63, 3.8) is 0 Å². The second-order valence-electron chi connectivity index (χ2n) is 4.05. The molecule has 1 saturated heterocycles. The maximum absolute atomic E-state index is 11.9. The van der Waals surface area contributed by atoms with Crippen molar-refractivity contribution in [2.24, 2.45) is 5.92 Å². The molecule has 1 atom stereocenters. The first kappa shape index (κ1) is 12.0. The number of carbonyl (C=O) groups excluding carboxylic acids is 2. The minimum atomic E-state index is -0.258. The fourth-order valence-corrected chi connectivity index (χ4v) is 1.74. The molecule has 0 radical (unpaired) electrons. The molecule has 0 aromatic rings. The first-order chi connectivity index (χ1) is 7.06. The van der Waals surface area contributed by atoms with E-state index >= 15 is 0 Å². The summed E-state index contributed by atoms with van der Waals surface area (Å²) in [6.07, 6.45) is 0.271. The summed E-state index contributed by atoms with van der Waals surface area (Å²) in [6, 6.07) is 0.0559. The Morgan fingerprint density at radius 1 is 1.67 bits per heavy atom. The van der Waals surface area contributed by atoms with Gasteiger partial charge in [-0.3, -0.25) is 9.59 Å². The van der Waals surface area contributed by atoms with E-state index in [1.165, 1.54) is 0 Å². The number of carbonyl (C=O) groups is 2. The Hall–Kier alpha value is -1.10. The highest BCUT2D eigenvalue weighted by Gasteiger charge is 2.31. The average Bonchev–Trinajstić information content (AvgIpc) is 2.59. The van der Waals surface area contributed by atoms with Gasteiger partial charge in [-0.2, -0.15) is 0 Å². The van der Waals surface area contributed by atoms with Crippen LogP contribution in [0.2, 0.25) is 0 Å². The van der Waals surface area contributed by atoms with E-state index in [0.29, 0.717) is 13.1 Å². The van der Waals surface area contributed by atoms with Crippen molar-refractivity contribution >= 4 is 11.8 Å². The van der Waals surface area contributed by atoms with E-state index in [1.807, 2.05) is 13.8 Å².